The van der Waals surface area contributed by atoms with E-state index in [0.29, 0.717) is 28.0 Å². The molecule has 6 nitrogen and oxygen atoms in total. The molecule has 0 saturated heterocycles. The van der Waals surface area contributed by atoms with E-state index in [1.165, 1.54) is 7.11 Å². The van der Waals surface area contributed by atoms with Gasteiger partial charge in [0.15, 0.2) is 18.2 Å². The molecule has 2 amide bonds. The van der Waals surface area contributed by atoms with E-state index in [0.717, 1.165) is 5.56 Å². The van der Waals surface area contributed by atoms with E-state index in [1.807, 2.05) is 19.1 Å². The summed E-state index contributed by atoms with van der Waals surface area (Å²) in [6.07, 6.45) is 0. The van der Waals surface area contributed by atoms with Crippen molar-refractivity contribution >= 4 is 23.3 Å². The summed E-state index contributed by atoms with van der Waals surface area (Å²) in [4.78, 5) is 12.0. The van der Waals surface area contributed by atoms with Crippen LogP contribution in [0.2, 0.25) is 5.02 Å². The lowest BCUT2D eigenvalue weighted by Gasteiger charge is -2.14. The second-order valence-corrected chi connectivity index (χ2v) is 5.28. The summed E-state index contributed by atoms with van der Waals surface area (Å²) in [7, 11) is 3.06. The van der Waals surface area contributed by atoms with Gasteiger partial charge in [-0.05, 0) is 30.7 Å². The molecular formula is C17H19ClN2O4. The third-order valence-electron chi connectivity index (χ3n) is 3.26. The molecular weight excluding hydrogens is 332 g/mol. The van der Waals surface area contributed by atoms with Crippen molar-refractivity contribution in [1.29, 1.82) is 0 Å². The predicted octanol–water partition coefficient (Wildman–Crippen LogP) is 3.82. The van der Waals surface area contributed by atoms with Gasteiger partial charge in [0, 0.05) is 11.1 Å². The molecule has 0 atom stereocenters. The fourth-order valence-corrected chi connectivity index (χ4v) is 2.17. The van der Waals surface area contributed by atoms with Crippen LogP contribution in [0.25, 0.3) is 0 Å². The SMILES string of the molecule is COc1cc(Cl)c(C)cc1NC(=O)NCOc1ccccc1OC. The summed E-state index contributed by atoms with van der Waals surface area (Å²) in [6, 6.07) is 10.1. The van der Waals surface area contributed by atoms with Crippen molar-refractivity contribution in [3.05, 3.63) is 47.0 Å². The fourth-order valence-electron chi connectivity index (χ4n) is 2.01. The van der Waals surface area contributed by atoms with Crippen LogP contribution in [0.5, 0.6) is 17.2 Å². The maximum atomic E-state index is 12.0. The zero-order valence-corrected chi connectivity index (χ0v) is 14.4. The first-order valence-corrected chi connectivity index (χ1v) is 7.57. The van der Waals surface area contributed by atoms with Crippen molar-refractivity contribution in [1.82, 2.24) is 5.32 Å². The van der Waals surface area contributed by atoms with Crippen molar-refractivity contribution in [2.75, 3.05) is 26.3 Å². The summed E-state index contributed by atoms with van der Waals surface area (Å²) in [6.45, 7) is 1.83. The van der Waals surface area contributed by atoms with Crippen LogP contribution in [0.4, 0.5) is 10.5 Å². The molecule has 0 saturated carbocycles. The summed E-state index contributed by atoms with van der Waals surface area (Å²) >= 11 is 6.04. The highest BCUT2D eigenvalue weighted by molar-refractivity contribution is 6.31. The number of carbonyl (C=O) groups is 1. The summed E-state index contributed by atoms with van der Waals surface area (Å²) < 4.78 is 15.9. The molecule has 24 heavy (non-hydrogen) atoms. The van der Waals surface area contributed by atoms with Crippen LogP contribution in [-0.2, 0) is 0 Å². The zero-order chi connectivity index (χ0) is 17.5. The molecule has 0 spiro atoms. The molecule has 0 aliphatic heterocycles. The monoisotopic (exact) mass is 350 g/mol. The van der Waals surface area contributed by atoms with E-state index in [4.69, 9.17) is 25.8 Å². The van der Waals surface area contributed by atoms with Gasteiger partial charge in [0.2, 0.25) is 0 Å². The molecule has 0 unspecified atom stereocenters. The third kappa shape index (κ3) is 4.45. The van der Waals surface area contributed by atoms with E-state index in [-0.39, 0.29) is 6.73 Å². The quantitative estimate of drug-likeness (QED) is 0.777. The first-order chi connectivity index (χ1) is 11.5. The van der Waals surface area contributed by atoms with Gasteiger partial charge < -0.3 is 24.8 Å². The number of carbonyl (C=O) groups excluding carboxylic acids is 1. The first kappa shape index (κ1) is 17.7. The van der Waals surface area contributed by atoms with E-state index in [9.17, 15) is 4.79 Å². The molecule has 0 fully saturated rings. The van der Waals surface area contributed by atoms with Crippen molar-refractivity contribution in [3.8, 4) is 17.2 Å². The standard InChI is InChI=1S/C17H19ClN2O4/c1-11-8-13(16(23-3)9-12(11)18)20-17(21)19-10-24-15-7-5-4-6-14(15)22-2/h4-9H,10H2,1-3H3,(H2,19,20,21). The number of nitrogens with one attached hydrogen (secondary N) is 2. The van der Waals surface area contributed by atoms with Crippen LogP contribution in [0.3, 0.4) is 0 Å². The van der Waals surface area contributed by atoms with Crippen LogP contribution >= 0.6 is 11.6 Å². The highest BCUT2D eigenvalue weighted by atomic mass is 35.5. The number of rotatable bonds is 6. The number of ether oxygens (including phenoxy) is 3. The largest absolute Gasteiger partial charge is 0.495 e. The van der Waals surface area contributed by atoms with Gasteiger partial charge in [-0.25, -0.2) is 4.79 Å². The second-order valence-electron chi connectivity index (χ2n) is 4.87. The number of hydrogen-bond acceptors (Lipinski definition) is 4. The summed E-state index contributed by atoms with van der Waals surface area (Å²) in [5, 5.41) is 5.87. The average Bonchev–Trinajstić information content (AvgIpc) is 2.58. The number of hydrogen-bond donors (Lipinski definition) is 2. The smallest absolute Gasteiger partial charge is 0.321 e. The molecule has 0 heterocycles. The number of aryl methyl sites for hydroxylation is 1. The van der Waals surface area contributed by atoms with Gasteiger partial charge in [0.1, 0.15) is 5.75 Å². The van der Waals surface area contributed by atoms with Crippen molar-refractivity contribution in [3.63, 3.8) is 0 Å². The highest BCUT2D eigenvalue weighted by Gasteiger charge is 2.10. The topological polar surface area (TPSA) is 68.8 Å². The van der Waals surface area contributed by atoms with Crippen molar-refractivity contribution in [2.24, 2.45) is 0 Å². The Morgan fingerprint density at radius 1 is 1.08 bits per heavy atom. The Labute approximate surface area is 145 Å². The summed E-state index contributed by atoms with van der Waals surface area (Å²) in [5.41, 5.74) is 1.35. The van der Waals surface area contributed by atoms with Crippen LogP contribution in [0.15, 0.2) is 36.4 Å². The lowest BCUT2D eigenvalue weighted by molar-refractivity contribution is 0.231. The number of halogens is 1. The normalized spacial score (nSPS) is 10.0. The van der Waals surface area contributed by atoms with Gasteiger partial charge in [-0.3, -0.25) is 0 Å². The Balaban J connectivity index is 1.93. The van der Waals surface area contributed by atoms with E-state index in [1.54, 1.807) is 31.4 Å². The molecule has 2 rings (SSSR count). The molecule has 0 radical (unpaired) electrons. The lowest BCUT2D eigenvalue weighted by atomic mass is 10.2. The molecule has 2 aromatic carbocycles. The van der Waals surface area contributed by atoms with Gasteiger partial charge in [-0.1, -0.05) is 23.7 Å². The molecule has 0 bridgehead atoms. The van der Waals surface area contributed by atoms with Crippen LogP contribution in [0, 0.1) is 6.92 Å². The van der Waals surface area contributed by atoms with Gasteiger partial charge in [-0.15, -0.1) is 0 Å². The Morgan fingerprint density at radius 2 is 1.75 bits per heavy atom. The number of amides is 2. The average molecular weight is 351 g/mol. The number of anilines is 1. The molecule has 0 aromatic heterocycles. The van der Waals surface area contributed by atoms with Crippen molar-refractivity contribution in [2.45, 2.75) is 6.92 Å². The number of urea groups is 1. The minimum atomic E-state index is -0.426. The molecule has 2 aromatic rings. The van der Waals surface area contributed by atoms with Gasteiger partial charge in [0.05, 0.1) is 19.9 Å². The molecule has 128 valence electrons. The van der Waals surface area contributed by atoms with Gasteiger partial charge >= 0.3 is 6.03 Å². The minimum Gasteiger partial charge on any atom is -0.495 e. The fraction of sp³-hybridized carbons (Fsp3) is 0.235. The highest BCUT2D eigenvalue weighted by Crippen LogP contribution is 2.30. The van der Waals surface area contributed by atoms with Crippen LogP contribution < -0.4 is 24.8 Å². The van der Waals surface area contributed by atoms with E-state index >= 15 is 0 Å². The van der Waals surface area contributed by atoms with Crippen LogP contribution in [0.1, 0.15) is 5.56 Å². The second kappa shape index (κ2) is 8.31. The Bertz CT molecular complexity index is 722. The maximum absolute atomic E-state index is 12.0. The van der Waals surface area contributed by atoms with Gasteiger partial charge in [-0.2, -0.15) is 0 Å². The Hall–Kier alpha value is -2.60. The van der Waals surface area contributed by atoms with E-state index in [2.05, 4.69) is 10.6 Å². The Kier molecular flexibility index (Phi) is 6.14. The van der Waals surface area contributed by atoms with E-state index < -0.39 is 6.03 Å². The predicted molar refractivity (Wildman–Crippen MR) is 93.4 cm³/mol. The molecule has 7 heteroatoms. The number of para-hydroxylation sites is 2. The third-order valence-corrected chi connectivity index (χ3v) is 3.67. The molecule has 0 aliphatic rings. The molecule has 0 aliphatic carbocycles. The minimum absolute atomic E-state index is 0.0128. The molecule has 2 N–H and O–H groups in total. The maximum Gasteiger partial charge on any atom is 0.321 e. The van der Waals surface area contributed by atoms with Crippen molar-refractivity contribution < 1.29 is 19.0 Å². The van der Waals surface area contributed by atoms with Gasteiger partial charge in [0.25, 0.3) is 0 Å². The number of benzene rings is 2. The zero-order valence-electron chi connectivity index (χ0n) is 13.7. The lowest BCUT2D eigenvalue weighted by Crippen LogP contribution is -2.32. The van der Waals surface area contributed by atoms with Crippen LogP contribution in [-0.4, -0.2) is 27.0 Å². The number of methoxy groups -OCH3 is 2. The summed E-state index contributed by atoms with van der Waals surface area (Å²) in [5.74, 6) is 1.61. The Morgan fingerprint density at radius 3 is 2.42 bits per heavy atom. The first-order valence-electron chi connectivity index (χ1n) is 7.20.